The number of carbonyl (C=O) groups excluding carboxylic acids is 1. The van der Waals surface area contributed by atoms with Gasteiger partial charge in [-0.25, -0.2) is 4.79 Å². The predicted molar refractivity (Wildman–Crippen MR) is 72.2 cm³/mol. The number of nitrogens with two attached hydrogens (primary N) is 1. The summed E-state index contributed by atoms with van der Waals surface area (Å²) in [6, 6.07) is 4.16. The second kappa shape index (κ2) is 5.58. The van der Waals surface area contributed by atoms with E-state index in [-0.39, 0.29) is 12.2 Å². The summed E-state index contributed by atoms with van der Waals surface area (Å²) in [5.74, 6) is -1.58. The van der Waals surface area contributed by atoms with E-state index < -0.39 is 17.9 Å². The van der Waals surface area contributed by atoms with E-state index in [4.69, 9.17) is 10.5 Å². The number of aromatic carboxylic acids is 1. The highest BCUT2D eigenvalue weighted by Crippen LogP contribution is 2.28. The predicted octanol–water partition coefficient (Wildman–Crippen LogP) is 0.838. The Morgan fingerprint density at radius 2 is 2.21 bits per heavy atom. The van der Waals surface area contributed by atoms with E-state index in [0.717, 1.165) is 4.47 Å². The van der Waals surface area contributed by atoms with Gasteiger partial charge < -0.3 is 20.5 Å². The molecule has 1 aliphatic rings. The van der Waals surface area contributed by atoms with Crippen LogP contribution in [-0.2, 0) is 9.53 Å². The van der Waals surface area contributed by atoms with Gasteiger partial charge in [-0.05, 0) is 18.2 Å². The monoisotopic (exact) mass is 328 g/mol. The van der Waals surface area contributed by atoms with Crippen LogP contribution in [0.3, 0.4) is 0 Å². The number of carbonyl (C=O) groups is 2. The van der Waals surface area contributed by atoms with Crippen LogP contribution in [0, 0.1) is 0 Å². The average Bonchev–Trinajstić information content (AvgIpc) is 2.38. The molecule has 0 radical (unpaired) electrons. The van der Waals surface area contributed by atoms with Crippen LogP contribution in [0.4, 0.5) is 5.69 Å². The summed E-state index contributed by atoms with van der Waals surface area (Å²) in [6.07, 6.45) is 0. The molecule has 6 nitrogen and oxygen atoms in total. The number of carboxylic acids is 1. The molecular formula is C12H13BrN2O4. The molecule has 1 unspecified atom stereocenters. The number of primary amides is 1. The zero-order valence-electron chi connectivity index (χ0n) is 10.0. The largest absolute Gasteiger partial charge is 0.478 e. The van der Waals surface area contributed by atoms with E-state index in [1.54, 1.807) is 17.0 Å². The molecule has 0 aliphatic carbocycles. The van der Waals surface area contributed by atoms with Crippen molar-refractivity contribution in [3.63, 3.8) is 0 Å². The first-order valence-corrected chi connectivity index (χ1v) is 6.46. The number of hydrogen-bond donors (Lipinski definition) is 2. The normalized spacial score (nSPS) is 19.2. The molecule has 1 aromatic carbocycles. The zero-order valence-corrected chi connectivity index (χ0v) is 11.6. The Labute approximate surface area is 118 Å². The van der Waals surface area contributed by atoms with Crippen LogP contribution in [0.15, 0.2) is 22.7 Å². The van der Waals surface area contributed by atoms with E-state index in [2.05, 4.69) is 15.9 Å². The van der Waals surface area contributed by atoms with E-state index in [1.165, 1.54) is 6.07 Å². The third-order valence-electron chi connectivity index (χ3n) is 2.96. The van der Waals surface area contributed by atoms with Gasteiger partial charge in [0.05, 0.1) is 24.5 Å². The van der Waals surface area contributed by atoms with Crippen LogP contribution in [0.2, 0.25) is 0 Å². The topological polar surface area (TPSA) is 92.9 Å². The molecule has 0 saturated carbocycles. The highest BCUT2D eigenvalue weighted by atomic mass is 79.9. The number of amides is 1. The molecule has 0 spiro atoms. The fourth-order valence-electron chi connectivity index (χ4n) is 2.05. The Kier molecular flexibility index (Phi) is 4.06. The maximum absolute atomic E-state index is 11.4. The first-order chi connectivity index (χ1) is 9.00. The molecule has 0 aromatic heterocycles. The fourth-order valence-corrected chi connectivity index (χ4v) is 2.40. The van der Waals surface area contributed by atoms with Crippen molar-refractivity contribution < 1.29 is 19.4 Å². The van der Waals surface area contributed by atoms with Gasteiger partial charge in [0.15, 0.2) is 0 Å². The van der Waals surface area contributed by atoms with E-state index in [0.29, 0.717) is 18.8 Å². The summed E-state index contributed by atoms with van der Waals surface area (Å²) in [5.41, 5.74) is 5.94. The number of benzene rings is 1. The quantitative estimate of drug-likeness (QED) is 0.857. The number of rotatable bonds is 3. The van der Waals surface area contributed by atoms with Crippen molar-refractivity contribution in [1.82, 2.24) is 0 Å². The van der Waals surface area contributed by atoms with Gasteiger partial charge in [-0.1, -0.05) is 15.9 Å². The second-order valence-electron chi connectivity index (χ2n) is 4.15. The van der Waals surface area contributed by atoms with Gasteiger partial charge in [-0.3, -0.25) is 4.79 Å². The molecule has 2 rings (SSSR count). The van der Waals surface area contributed by atoms with Gasteiger partial charge >= 0.3 is 5.97 Å². The zero-order chi connectivity index (χ0) is 14.0. The second-order valence-corrected chi connectivity index (χ2v) is 5.07. The lowest BCUT2D eigenvalue weighted by atomic mass is 10.1. The van der Waals surface area contributed by atoms with Crippen molar-refractivity contribution in [3.05, 3.63) is 28.2 Å². The van der Waals surface area contributed by atoms with Crippen molar-refractivity contribution in [3.8, 4) is 0 Å². The minimum absolute atomic E-state index is 0.136. The first-order valence-electron chi connectivity index (χ1n) is 5.67. The van der Waals surface area contributed by atoms with Crippen LogP contribution in [0.5, 0.6) is 0 Å². The molecule has 1 atom stereocenters. The highest BCUT2D eigenvalue weighted by Gasteiger charge is 2.30. The average molecular weight is 329 g/mol. The summed E-state index contributed by atoms with van der Waals surface area (Å²) in [7, 11) is 0. The number of morpholine rings is 1. The molecule has 3 N–H and O–H groups in total. The summed E-state index contributed by atoms with van der Waals surface area (Å²) < 4.78 is 5.96. The lowest BCUT2D eigenvalue weighted by Gasteiger charge is -2.36. The van der Waals surface area contributed by atoms with Gasteiger partial charge in [-0.2, -0.15) is 0 Å². The number of ether oxygens (including phenoxy) is 1. The Balaban J connectivity index is 2.46. The van der Waals surface area contributed by atoms with Crippen LogP contribution in [-0.4, -0.2) is 42.8 Å². The fraction of sp³-hybridized carbons (Fsp3) is 0.333. The standard InChI is InChI=1S/C12H13BrN2O4/c13-7-1-2-8(12(17)18)9(5-7)15-3-4-19-6-10(15)11(14)16/h1-2,5,10H,3-4,6H2,(H2,14,16)(H,17,18). The van der Waals surface area contributed by atoms with Crippen molar-refractivity contribution in [1.29, 1.82) is 0 Å². The van der Waals surface area contributed by atoms with Crippen molar-refractivity contribution in [2.24, 2.45) is 5.73 Å². The van der Waals surface area contributed by atoms with Gasteiger partial charge in [0, 0.05) is 11.0 Å². The number of anilines is 1. The SMILES string of the molecule is NC(=O)C1COCCN1c1cc(Br)ccc1C(=O)O. The molecule has 1 saturated heterocycles. The smallest absolute Gasteiger partial charge is 0.337 e. The molecule has 1 aliphatic heterocycles. The minimum atomic E-state index is -1.04. The lowest BCUT2D eigenvalue weighted by molar-refractivity contribution is -0.121. The number of hydrogen-bond acceptors (Lipinski definition) is 4. The van der Waals surface area contributed by atoms with Gasteiger partial charge in [0.1, 0.15) is 6.04 Å². The number of nitrogens with zero attached hydrogens (tertiary/aromatic N) is 1. The Morgan fingerprint density at radius 3 is 2.84 bits per heavy atom. The lowest BCUT2D eigenvalue weighted by Crippen LogP contribution is -2.53. The van der Waals surface area contributed by atoms with Crippen molar-refractivity contribution >= 4 is 33.5 Å². The molecule has 1 fully saturated rings. The number of halogens is 1. The number of carboxylic acid groups (broad SMARTS) is 1. The van der Waals surface area contributed by atoms with E-state index >= 15 is 0 Å². The Bertz CT molecular complexity index is 520. The van der Waals surface area contributed by atoms with Crippen LogP contribution < -0.4 is 10.6 Å². The molecule has 1 amide bonds. The van der Waals surface area contributed by atoms with E-state index in [1.807, 2.05) is 0 Å². The van der Waals surface area contributed by atoms with Gasteiger partial charge in [0.25, 0.3) is 0 Å². The molecule has 0 bridgehead atoms. The van der Waals surface area contributed by atoms with Gasteiger partial charge in [-0.15, -0.1) is 0 Å². The molecule has 1 heterocycles. The summed E-state index contributed by atoms with van der Waals surface area (Å²) in [6.45, 7) is 1.01. The Morgan fingerprint density at radius 1 is 1.47 bits per heavy atom. The summed E-state index contributed by atoms with van der Waals surface area (Å²) in [4.78, 5) is 24.4. The van der Waals surface area contributed by atoms with E-state index in [9.17, 15) is 14.7 Å². The Hall–Kier alpha value is -1.60. The highest BCUT2D eigenvalue weighted by molar-refractivity contribution is 9.10. The van der Waals surface area contributed by atoms with Crippen molar-refractivity contribution in [2.75, 3.05) is 24.7 Å². The van der Waals surface area contributed by atoms with Crippen molar-refractivity contribution in [2.45, 2.75) is 6.04 Å². The molecule has 19 heavy (non-hydrogen) atoms. The summed E-state index contributed by atoms with van der Waals surface area (Å²) in [5, 5.41) is 9.22. The maximum Gasteiger partial charge on any atom is 0.337 e. The summed E-state index contributed by atoms with van der Waals surface area (Å²) >= 11 is 3.30. The van der Waals surface area contributed by atoms with Crippen LogP contribution in [0.25, 0.3) is 0 Å². The van der Waals surface area contributed by atoms with Crippen LogP contribution in [0.1, 0.15) is 10.4 Å². The molecule has 102 valence electrons. The maximum atomic E-state index is 11.4. The molecule has 1 aromatic rings. The molecule has 7 heteroatoms. The van der Waals surface area contributed by atoms with Crippen LogP contribution >= 0.6 is 15.9 Å². The minimum Gasteiger partial charge on any atom is -0.478 e. The first kappa shape index (κ1) is 13.8. The molecular weight excluding hydrogens is 316 g/mol. The third kappa shape index (κ3) is 2.87. The van der Waals surface area contributed by atoms with Gasteiger partial charge in [0.2, 0.25) is 5.91 Å². The third-order valence-corrected chi connectivity index (χ3v) is 3.45.